The molecule has 4 aromatic heterocycles. The summed E-state index contributed by atoms with van der Waals surface area (Å²) in [5.74, 6) is -0.155. The van der Waals surface area contributed by atoms with Crippen LogP contribution in [0.5, 0.6) is 0 Å². The highest BCUT2D eigenvalue weighted by molar-refractivity contribution is 6.03. The number of carbonyl (C=O) groups excluding carboxylic acids is 1. The van der Waals surface area contributed by atoms with Crippen LogP contribution in [-0.2, 0) is 4.79 Å². The summed E-state index contributed by atoms with van der Waals surface area (Å²) in [4.78, 5) is 26.4. The molecule has 0 bridgehead atoms. The minimum Gasteiger partial charge on any atom is -0.446 e. The first-order valence-electron chi connectivity index (χ1n) is 10.6. The second-order valence-electron chi connectivity index (χ2n) is 8.06. The number of anilines is 1. The van der Waals surface area contributed by atoms with Gasteiger partial charge in [-0.3, -0.25) is 4.79 Å². The highest BCUT2D eigenvalue weighted by atomic mass is 16.3. The van der Waals surface area contributed by atoms with Crippen molar-refractivity contribution in [1.82, 2.24) is 19.9 Å². The van der Waals surface area contributed by atoms with Gasteiger partial charge in [0.2, 0.25) is 11.6 Å². The van der Waals surface area contributed by atoms with Crippen LogP contribution < -0.4 is 5.32 Å². The van der Waals surface area contributed by atoms with E-state index in [1.807, 2.05) is 73.9 Å². The zero-order chi connectivity index (χ0) is 22.8. The maximum absolute atomic E-state index is 12.2. The van der Waals surface area contributed by atoms with Crippen LogP contribution in [0, 0.1) is 0 Å². The van der Waals surface area contributed by atoms with Crippen molar-refractivity contribution in [1.29, 1.82) is 0 Å². The average Bonchev–Trinajstić information content (AvgIpc) is 3.45. The molecule has 2 N–H and O–H groups in total. The predicted molar refractivity (Wildman–Crippen MR) is 131 cm³/mol. The number of fused-ring (bicyclic) bond motifs is 2. The lowest BCUT2D eigenvalue weighted by Crippen LogP contribution is -2.12. The molecule has 5 aromatic rings. The maximum atomic E-state index is 12.2. The Balaban J connectivity index is 1.47. The van der Waals surface area contributed by atoms with Gasteiger partial charge < -0.3 is 19.6 Å². The Kier molecular flexibility index (Phi) is 5.46. The molecule has 1 amide bonds. The van der Waals surface area contributed by atoms with E-state index in [2.05, 4.69) is 26.3 Å². The number of pyridine rings is 2. The van der Waals surface area contributed by atoms with E-state index in [9.17, 15) is 4.79 Å². The third kappa shape index (κ3) is 4.26. The number of amides is 1. The van der Waals surface area contributed by atoms with Crippen molar-refractivity contribution in [2.75, 3.05) is 26.0 Å². The van der Waals surface area contributed by atoms with Gasteiger partial charge in [-0.2, -0.15) is 0 Å². The van der Waals surface area contributed by atoms with Gasteiger partial charge in [-0.05, 0) is 55.6 Å². The number of H-pyrrole nitrogens is 1. The van der Waals surface area contributed by atoms with Crippen molar-refractivity contribution in [3.8, 4) is 22.3 Å². The van der Waals surface area contributed by atoms with Gasteiger partial charge in [0.1, 0.15) is 5.65 Å². The van der Waals surface area contributed by atoms with E-state index in [1.165, 1.54) is 0 Å². The fourth-order valence-corrected chi connectivity index (χ4v) is 3.83. The number of nitrogens with one attached hydrogen (secondary N) is 2. The number of carbonyl (C=O) groups is 1. The molecule has 0 atom stereocenters. The molecule has 0 saturated heterocycles. The Labute approximate surface area is 190 Å². The molecule has 7 nitrogen and oxygen atoms in total. The highest BCUT2D eigenvalue weighted by Crippen LogP contribution is 2.35. The summed E-state index contributed by atoms with van der Waals surface area (Å²) in [6.45, 7) is 0.709. The monoisotopic (exact) mass is 437 g/mol. The lowest BCUT2D eigenvalue weighted by molar-refractivity contribution is -0.111. The number of likely N-dealkylation sites (N-methyl/N-ethyl adjacent to an activating group) is 1. The number of benzene rings is 1. The number of aromatic nitrogens is 3. The van der Waals surface area contributed by atoms with Crippen molar-refractivity contribution in [2.24, 2.45) is 0 Å². The van der Waals surface area contributed by atoms with Gasteiger partial charge in [-0.25, -0.2) is 9.97 Å². The first kappa shape index (κ1) is 20.7. The van der Waals surface area contributed by atoms with E-state index in [4.69, 9.17) is 4.42 Å². The molecule has 0 radical (unpaired) electrons. The summed E-state index contributed by atoms with van der Waals surface area (Å²) in [5.41, 5.74) is 6.13. The lowest BCUT2D eigenvalue weighted by atomic mass is 10.0. The number of nitrogens with zero attached hydrogens (tertiary/aromatic N) is 3. The number of aromatic amines is 1. The molecule has 7 heteroatoms. The molecule has 0 aliphatic carbocycles. The van der Waals surface area contributed by atoms with Crippen molar-refractivity contribution >= 4 is 33.7 Å². The van der Waals surface area contributed by atoms with E-state index in [1.54, 1.807) is 18.5 Å². The second kappa shape index (κ2) is 8.72. The molecule has 0 aliphatic rings. The van der Waals surface area contributed by atoms with Gasteiger partial charge in [0.15, 0.2) is 0 Å². The fraction of sp³-hybridized carbons (Fsp3) is 0.115. The molecular weight excluding hydrogens is 414 g/mol. The number of rotatable bonds is 6. The Morgan fingerprint density at radius 1 is 1.09 bits per heavy atom. The van der Waals surface area contributed by atoms with E-state index in [0.29, 0.717) is 12.3 Å². The minimum absolute atomic E-state index is 0.155. The molecule has 0 spiro atoms. The van der Waals surface area contributed by atoms with Crippen LogP contribution in [0.1, 0.15) is 0 Å². The Morgan fingerprint density at radius 2 is 2.00 bits per heavy atom. The molecule has 0 unspecified atom stereocenters. The third-order valence-corrected chi connectivity index (χ3v) is 5.39. The summed E-state index contributed by atoms with van der Waals surface area (Å²) in [5, 5.41) is 4.88. The van der Waals surface area contributed by atoms with Crippen LogP contribution in [0.3, 0.4) is 0 Å². The molecule has 1 aromatic carbocycles. The molecule has 0 aliphatic heterocycles. The average molecular weight is 438 g/mol. The van der Waals surface area contributed by atoms with Crippen LogP contribution in [0.2, 0.25) is 0 Å². The van der Waals surface area contributed by atoms with Gasteiger partial charge in [0.05, 0.1) is 6.26 Å². The van der Waals surface area contributed by atoms with Gasteiger partial charge in [-0.15, -0.1) is 0 Å². The summed E-state index contributed by atoms with van der Waals surface area (Å²) in [7, 11) is 3.91. The Morgan fingerprint density at radius 3 is 2.88 bits per heavy atom. The van der Waals surface area contributed by atoms with Crippen LogP contribution in [0.25, 0.3) is 44.4 Å². The molecule has 4 heterocycles. The van der Waals surface area contributed by atoms with E-state index in [-0.39, 0.29) is 5.91 Å². The Bertz CT molecular complexity index is 1480. The topological polar surface area (TPSA) is 87.0 Å². The highest BCUT2D eigenvalue weighted by Gasteiger charge is 2.13. The van der Waals surface area contributed by atoms with E-state index >= 15 is 0 Å². The molecule has 33 heavy (non-hydrogen) atoms. The van der Waals surface area contributed by atoms with Crippen LogP contribution in [-0.4, -0.2) is 46.4 Å². The zero-order valence-electron chi connectivity index (χ0n) is 18.4. The second-order valence-corrected chi connectivity index (χ2v) is 8.06. The van der Waals surface area contributed by atoms with Crippen molar-refractivity contribution in [3.63, 3.8) is 0 Å². The number of hydrogen-bond donors (Lipinski definition) is 2. The SMILES string of the molecule is CN(C)C/C=C/C(=O)Nc1cccc(-c2cnc3[nH]cc(-c4ccnc5occc45)c3c2)c1. The van der Waals surface area contributed by atoms with Crippen molar-refractivity contribution in [2.45, 2.75) is 0 Å². The summed E-state index contributed by atoms with van der Waals surface area (Å²) < 4.78 is 5.46. The van der Waals surface area contributed by atoms with Crippen LogP contribution >= 0.6 is 0 Å². The molecule has 0 saturated carbocycles. The van der Waals surface area contributed by atoms with Gasteiger partial charge in [-0.1, -0.05) is 18.2 Å². The van der Waals surface area contributed by atoms with Crippen molar-refractivity contribution < 1.29 is 9.21 Å². The van der Waals surface area contributed by atoms with E-state index < -0.39 is 0 Å². The number of hydrogen-bond acceptors (Lipinski definition) is 5. The standard InChI is InChI=1S/C26H23N5O2/c1-31(2)11-4-7-24(32)30-19-6-3-5-17(13-19)18-14-22-23(16-29-25(22)28-15-18)20-8-10-27-26-21(20)9-12-33-26/h3-10,12-16H,11H2,1-2H3,(H,28,29)(H,30,32)/b7-4+. The minimum atomic E-state index is -0.155. The lowest BCUT2D eigenvalue weighted by Gasteiger charge is -2.08. The third-order valence-electron chi connectivity index (χ3n) is 5.39. The quantitative estimate of drug-likeness (QED) is 0.361. The summed E-state index contributed by atoms with van der Waals surface area (Å²) in [6, 6.07) is 13.8. The van der Waals surface area contributed by atoms with Gasteiger partial charge in [0.25, 0.3) is 0 Å². The molecule has 5 rings (SSSR count). The molecular formula is C26H23N5O2. The largest absolute Gasteiger partial charge is 0.446 e. The Hall–Kier alpha value is -4.23. The van der Waals surface area contributed by atoms with Gasteiger partial charge in [0, 0.05) is 58.8 Å². The van der Waals surface area contributed by atoms with E-state index in [0.717, 1.165) is 44.4 Å². The zero-order valence-corrected chi connectivity index (χ0v) is 18.4. The van der Waals surface area contributed by atoms with Gasteiger partial charge >= 0.3 is 0 Å². The maximum Gasteiger partial charge on any atom is 0.248 e. The van der Waals surface area contributed by atoms with Crippen molar-refractivity contribution in [3.05, 3.63) is 79.5 Å². The normalized spacial score (nSPS) is 11.7. The number of furan rings is 1. The predicted octanol–water partition coefficient (Wildman–Crippen LogP) is 5.09. The smallest absolute Gasteiger partial charge is 0.248 e. The first-order valence-corrected chi connectivity index (χ1v) is 10.6. The molecule has 0 fully saturated rings. The first-order chi connectivity index (χ1) is 16.1. The molecule has 164 valence electrons. The summed E-state index contributed by atoms with van der Waals surface area (Å²) >= 11 is 0. The fourth-order valence-electron chi connectivity index (χ4n) is 3.83. The summed E-state index contributed by atoms with van der Waals surface area (Å²) in [6.07, 6.45) is 10.6. The van der Waals surface area contributed by atoms with Crippen LogP contribution in [0.15, 0.2) is 83.9 Å². The van der Waals surface area contributed by atoms with Crippen LogP contribution in [0.4, 0.5) is 5.69 Å².